The first-order valence-corrected chi connectivity index (χ1v) is 11.5. The number of amides is 1. The van der Waals surface area contributed by atoms with Gasteiger partial charge in [-0.15, -0.1) is 0 Å². The molecule has 8 heteroatoms. The number of hydrogen-bond donors (Lipinski definition) is 4. The molecular weight excluding hydrogens is 416 g/mol. The third-order valence-corrected chi connectivity index (χ3v) is 6.42. The number of halogens is 2. The van der Waals surface area contributed by atoms with Crippen molar-refractivity contribution in [3.8, 4) is 0 Å². The lowest BCUT2D eigenvalue weighted by Crippen LogP contribution is -2.61. The molecule has 1 fully saturated rings. The summed E-state index contributed by atoms with van der Waals surface area (Å²) in [5.74, 6) is -7.43. The number of aliphatic hydroxyl groups excluding tert-OH is 1. The standard InChI is InChI=1S/C24H37F2N3O3/c1-15(2)19(23(32)29-14-17-11-7-4-8-12-17)20(30)21(28)24(25,26)22(31)18(27)13-16-9-5-3-6-10-16/h4,7-8,11-12,15-16,18-19,21-22,31H,3,5-6,9-10,13-14,27-28H2,1-2H3,(H,29,32). The number of carbonyl (C=O) groups is 2. The maximum absolute atomic E-state index is 15.0. The van der Waals surface area contributed by atoms with Crippen molar-refractivity contribution in [1.29, 1.82) is 0 Å². The summed E-state index contributed by atoms with van der Waals surface area (Å²) in [4.78, 5) is 25.6. The van der Waals surface area contributed by atoms with E-state index in [1.807, 2.05) is 6.07 Å². The van der Waals surface area contributed by atoms with Gasteiger partial charge in [0.25, 0.3) is 5.92 Å². The summed E-state index contributed by atoms with van der Waals surface area (Å²) in [6, 6.07) is 5.52. The van der Waals surface area contributed by atoms with Crippen molar-refractivity contribution in [2.75, 3.05) is 0 Å². The maximum atomic E-state index is 15.0. The van der Waals surface area contributed by atoms with Crippen LogP contribution in [0.5, 0.6) is 0 Å². The highest BCUT2D eigenvalue weighted by Crippen LogP contribution is 2.32. The van der Waals surface area contributed by atoms with Crippen molar-refractivity contribution in [3.05, 3.63) is 35.9 Å². The molecule has 32 heavy (non-hydrogen) atoms. The van der Waals surface area contributed by atoms with Gasteiger partial charge in [-0.1, -0.05) is 76.3 Å². The van der Waals surface area contributed by atoms with Crippen LogP contribution in [0, 0.1) is 17.8 Å². The van der Waals surface area contributed by atoms with Gasteiger partial charge in [-0.25, -0.2) is 8.78 Å². The minimum atomic E-state index is -3.95. The largest absolute Gasteiger partial charge is 0.385 e. The van der Waals surface area contributed by atoms with Crippen LogP contribution in [0.4, 0.5) is 8.78 Å². The lowest BCUT2D eigenvalue weighted by molar-refractivity contribution is -0.158. The molecule has 4 unspecified atom stereocenters. The highest BCUT2D eigenvalue weighted by Gasteiger charge is 2.52. The number of hydrogen-bond acceptors (Lipinski definition) is 5. The van der Waals surface area contributed by atoms with Crippen LogP contribution < -0.4 is 16.8 Å². The highest BCUT2D eigenvalue weighted by molar-refractivity contribution is 6.04. The van der Waals surface area contributed by atoms with E-state index in [4.69, 9.17) is 11.5 Å². The first-order valence-electron chi connectivity index (χ1n) is 11.5. The molecule has 0 spiro atoms. The van der Waals surface area contributed by atoms with Gasteiger partial charge < -0.3 is 21.9 Å². The first kappa shape index (κ1) is 26.4. The van der Waals surface area contributed by atoms with Crippen LogP contribution in [0.2, 0.25) is 0 Å². The van der Waals surface area contributed by atoms with E-state index in [0.717, 1.165) is 37.7 Å². The molecule has 2 rings (SSSR count). The predicted octanol–water partition coefficient (Wildman–Crippen LogP) is 2.77. The zero-order valence-electron chi connectivity index (χ0n) is 19.0. The molecule has 6 N–H and O–H groups in total. The molecule has 0 saturated heterocycles. The number of carbonyl (C=O) groups excluding carboxylic acids is 2. The summed E-state index contributed by atoms with van der Waals surface area (Å²) >= 11 is 0. The van der Waals surface area contributed by atoms with Gasteiger partial charge in [0, 0.05) is 12.6 Å². The molecule has 4 atom stereocenters. The Morgan fingerprint density at radius 2 is 1.72 bits per heavy atom. The minimum Gasteiger partial charge on any atom is -0.385 e. The van der Waals surface area contributed by atoms with Gasteiger partial charge in [-0.3, -0.25) is 9.59 Å². The number of benzene rings is 1. The number of nitrogens with one attached hydrogen (secondary N) is 1. The molecule has 1 aliphatic rings. The summed E-state index contributed by atoms with van der Waals surface area (Å²) in [6.45, 7) is 3.36. The zero-order chi connectivity index (χ0) is 23.9. The molecule has 180 valence electrons. The maximum Gasteiger partial charge on any atom is 0.296 e. The summed E-state index contributed by atoms with van der Waals surface area (Å²) in [6.07, 6.45) is 2.95. The van der Waals surface area contributed by atoms with Gasteiger partial charge in [0.05, 0.1) is 0 Å². The smallest absolute Gasteiger partial charge is 0.296 e. The summed E-state index contributed by atoms with van der Waals surface area (Å²) < 4.78 is 30.0. The first-order chi connectivity index (χ1) is 15.1. The fourth-order valence-electron chi connectivity index (χ4n) is 4.44. The van der Waals surface area contributed by atoms with E-state index in [2.05, 4.69) is 5.32 Å². The normalized spacial score (nSPS) is 19.2. The second kappa shape index (κ2) is 11.8. The molecule has 6 nitrogen and oxygen atoms in total. The Kier molecular flexibility index (Phi) is 9.73. The number of rotatable bonds is 11. The third-order valence-electron chi connectivity index (χ3n) is 6.42. The number of alkyl halides is 2. The average molecular weight is 454 g/mol. The van der Waals surface area contributed by atoms with Gasteiger partial charge in [0.1, 0.15) is 18.1 Å². The molecule has 1 saturated carbocycles. The molecule has 1 aliphatic carbocycles. The minimum absolute atomic E-state index is 0.163. The molecule has 0 radical (unpaired) electrons. The van der Waals surface area contributed by atoms with Crippen LogP contribution in [-0.2, 0) is 16.1 Å². The molecule has 1 aromatic rings. The Hall–Kier alpha value is -1.90. The Bertz CT molecular complexity index is 739. The lowest BCUT2D eigenvalue weighted by Gasteiger charge is -2.34. The molecule has 0 heterocycles. The highest BCUT2D eigenvalue weighted by atomic mass is 19.3. The Balaban J connectivity index is 2.04. The van der Waals surface area contributed by atoms with Crippen LogP contribution in [0.1, 0.15) is 57.9 Å². The van der Waals surface area contributed by atoms with E-state index in [1.54, 1.807) is 38.1 Å². The second-order valence-electron chi connectivity index (χ2n) is 9.33. The van der Waals surface area contributed by atoms with Crippen LogP contribution >= 0.6 is 0 Å². The third kappa shape index (κ3) is 6.80. The number of ketones is 1. The quantitative estimate of drug-likeness (QED) is 0.384. The summed E-state index contributed by atoms with van der Waals surface area (Å²) in [5.41, 5.74) is 12.4. The van der Waals surface area contributed by atoms with E-state index in [0.29, 0.717) is 0 Å². The van der Waals surface area contributed by atoms with Gasteiger partial charge in [-0.05, 0) is 23.8 Å². The number of Topliss-reactive ketones (excluding diaryl/α,β-unsaturated/α-hetero) is 1. The molecule has 0 aromatic heterocycles. The van der Waals surface area contributed by atoms with Crippen LogP contribution in [0.3, 0.4) is 0 Å². The van der Waals surface area contributed by atoms with Crippen LogP contribution in [-0.4, -0.2) is 40.9 Å². The van der Waals surface area contributed by atoms with E-state index in [-0.39, 0.29) is 18.9 Å². The van der Waals surface area contributed by atoms with Gasteiger partial charge >= 0.3 is 0 Å². The van der Waals surface area contributed by atoms with E-state index >= 15 is 0 Å². The molecule has 0 bridgehead atoms. The van der Waals surface area contributed by atoms with Gasteiger partial charge in [0.2, 0.25) is 5.91 Å². The van der Waals surface area contributed by atoms with E-state index < -0.39 is 47.6 Å². The van der Waals surface area contributed by atoms with Gasteiger partial charge in [-0.2, -0.15) is 0 Å². The Morgan fingerprint density at radius 3 is 2.28 bits per heavy atom. The number of nitrogens with two attached hydrogens (primary N) is 2. The topological polar surface area (TPSA) is 118 Å². The van der Waals surface area contributed by atoms with Crippen molar-refractivity contribution >= 4 is 11.7 Å². The fraction of sp³-hybridized carbons (Fsp3) is 0.667. The second-order valence-corrected chi connectivity index (χ2v) is 9.33. The van der Waals surface area contributed by atoms with Crippen LogP contribution in [0.15, 0.2) is 30.3 Å². The number of aliphatic hydroxyl groups is 1. The van der Waals surface area contributed by atoms with E-state index in [1.165, 1.54) is 0 Å². The molecular formula is C24H37F2N3O3. The summed E-state index contributed by atoms with van der Waals surface area (Å²) in [7, 11) is 0. The van der Waals surface area contributed by atoms with Crippen molar-refractivity contribution in [2.24, 2.45) is 29.2 Å². The van der Waals surface area contributed by atoms with Crippen molar-refractivity contribution < 1.29 is 23.5 Å². The van der Waals surface area contributed by atoms with Crippen LogP contribution in [0.25, 0.3) is 0 Å². The predicted molar refractivity (Wildman–Crippen MR) is 120 cm³/mol. The zero-order valence-corrected chi connectivity index (χ0v) is 19.0. The molecule has 1 aromatic carbocycles. The average Bonchev–Trinajstić information content (AvgIpc) is 2.77. The Morgan fingerprint density at radius 1 is 1.12 bits per heavy atom. The summed E-state index contributed by atoms with van der Waals surface area (Å²) in [5, 5.41) is 12.9. The SMILES string of the molecule is CC(C)C(C(=O)NCc1ccccc1)C(=O)C(N)C(F)(F)C(O)C(N)CC1CCCCC1. The fourth-order valence-corrected chi connectivity index (χ4v) is 4.44. The van der Waals surface area contributed by atoms with E-state index in [9.17, 15) is 23.5 Å². The molecule has 1 amide bonds. The lowest BCUT2D eigenvalue weighted by atomic mass is 9.80. The van der Waals surface area contributed by atoms with Crippen molar-refractivity contribution in [3.63, 3.8) is 0 Å². The monoisotopic (exact) mass is 453 g/mol. The Labute approximate surface area is 189 Å². The van der Waals surface area contributed by atoms with Gasteiger partial charge in [0.15, 0.2) is 5.78 Å². The molecule has 0 aliphatic heterocycles. The van der Waals surface area contributed by atoms with Crippen molar-refractivity contribution in [1.82, 2.24) is 5.32 Å². The van der Waals surface area contributed by atoms with Crippen molar-refractivity contribution in [2.45, 2.75) is 83.0 Å².